The van der Waals surface area contributed by atoms with Gasteiger partial charge >= 0.3 is 0 Å². The number of aromatic hydroxyl groups is 1. The van der Waals surface area contributed by atoms with Crippen molar-refractivity contribution in [2.75, 3.05) is 0 Å². The summed E-state index contributed by atoms with van der Waals surface area (Å²) in [5, 5.41) is 14.4. The highest BCUT2D eigenvalue weighted by atomic mass is 32.1. The maximum atomic E-state index is 12.0. The molecule has 6 nitrogen and oxygen atoms in total. The zero-order valence-electron chi connectivity index (χ0n) is 13.7. The second-order valence-electron chi connectivity index (χ2n) is 5.33. The van der Waals surface area contributed by atoms with Crippen molar-refractivity contribution in [1.82, 2.24) is 15.4 Å². The summed E-state index contributed by atoms with van der Waals surface area (Å²) in [7, 11) is 0. The first-order chi connectivity index (χ1) is 12.0. The number of nitrogens with one attached hydrogen (secondary N) is 1. The second-order valence-corrected chi connectivity index (χ2v) is 6.33. The van der Waals surface area contributed by atoms with E-state index in [-0.39, 0.29) is 11.7 Å². The van der Waals surface area contributed by atoms with Gasteiger partial charge in [-0.2, -0.15) is 5.10 Å². The largest absolute Gasteiger partial charge is 0.508 e. The number of phenolic OH excluding ortho intramolecular Hbond substituents is 1. The van der Waals surface area contributed by atoms with Crippen LogP contribution >= 0.6 is 11.3 Å². The molecule has 25 heavy (non-hydrogen) atoms. The topological polar surface area (TPSA) is 87.5 Å². The van der Waals surface area contributed by atoms with Gasteiger partial charge in [-0.25, -0.2) is 10.4 Å². The molecule has 126 valence electrons. The zero-order chi connectivity index (χ0) is 17.8. The Kier molecular flexibility index (Phi) is 4.85. The van der Waals surface area contributed by atoms with Crippen molar-refractivity contribution in [3.05, 3.63) is 64.9 Å². The Balaban J connectivity index is 1.79. The average Bonchev–Trinajstić information content (AvgIpc) is 3.02. The summed E-state index contributed by atoms with van der Waals surface area (Å²) in [5.74, 6) is -0.145. The van der Waals surface area contributed by atoms with Crippen LogP contribution in [0.25, 0.3) is 10.6 Å². The van der Waals surface area contributed by atoms with E-state index in [9.17, 15) is 9.90 Å². The van der Waals surface area contributed by atoms with Crippen molar-refractivity contribution in [2.24, 2.45) is 5.10 Å². The molecule has 0 aliphatic carbocycles. The molecule has 0 aliphatic rings. The minimum atomic E-state index is -0.360. The van der Waals surface area contributed by atoms with Crippen LogP contribution < -0.4 is 5.43 Å². The quantitative estimate of drug-likeness (QED) is 0.557. The lowest BCUT2D eigenvalue weighted by Crippen LogP contribution is -2.20. The number of rotatable bonds is 4. The molecule has 1 aromatic carbocycles. The molecule has 1 amide bonds. The number of amides is 1. The van der Waals surface area contributed by atoms with Crippen molar-refractivity contribution >= 4 is 23.0 Å². The maximum Gasteiger partial charge on any atom is 0.289 e. The highest BCUT2D eigenvalue weighted by Crippen LogP contribution is 2.29. The normalized spacial score (nSPS) is 11.4. The van der Waals surface area contributed by atoms with Crippen LogP contribution in [-0.2, 0) is 0 Å². The first-order valence-electron chi connectivity index (χ1n) is 7.57. The summed E-state index contributed by atoms with van der Waals surface area (Å²) in [5.41, 5.74) is 5.25. The van der Waals surface area contributed by atoms with E-state index in [2.05, 4.69) is 20.5 Å². The smallest absolute Gasteiger partial charge is 0.289 e. The van der Waals surface area contributed by atoms with Crippen LogP contribution in [0.3, 0.4) is 0 Å². The first kappa shape index (κ1) is 16.8. The summed E-state index contributed by atoms with van der Waals surface area (Å²) in [4.78, 5) is 21.4. The summed E-state index contributed by atoms with van der Waals surface area (Å²) < 4.78 is 0. The van der Waals surface area contributed by atoms with E-state index in [1.54, 1.807) is 36.5 Å². The van der Waals surface area contributed by atoms with Crippen molar-refractivity contribution in [1.29, 1.82) is 0 Å². The van der Waals surface area contributed by atoms with E-state index in [0.717, 1.165) is 21.1 Å². The molecule has 0 saturated heterocycles. The van der Waals surface area contributed by atoms with Crippen LogP contribution in [0.1, 0.15) is 28.0 Å². The van der Waals surface area contributed by atoms with Gasteiger partial charge in [-0.3, -0.25) is 9.78 Å². The highest BCUT2D eigenvalue weighted by Gasteiger charge is 2.13. The van der Waals surface area contributed by atoms with E-state index >= 15 is 0 Å². The first-order valence-corrected chi connectivity index (χ1v) is 8.39. The maximum absolute atomic E-state index is 12.0. The lowest BCUT2D eigenvalue weighted by atomic mass is 10.2. The molecule has 0 unspecified atom stereocenters. The molecule has 0 aliphatic heterocycles. The van der Waals surface area contributed by atoms with E-state index in [1.165, 1.54) is 11.3 Å². The third kappa shape index (κ3) is 3.89. The van der Waals surface area contributed by atoms with E-state index in [1.807, 2.05) is 26.0 Å². The van der Waals surface area contributed by atoms with Gasteiger partial charge in [-0.1, -0.05) is 6.07 Å². The van der Waals surface area contributed by atoms with Crippen LogP contribution in [0.2, 0.25) is 0 Å². The number of carbonyl (C=O) groups is 1. The molecule has 3 aromatic rings. The third-order valence-electron chi connectivity index (χ3n) is 3.46. The van der Waals surface area contributed by atoms with E-state index in [0.29, 0.717) is 11.4 Å². The zero-order valence-corrected chi connectivity index (χ0v) is 14.5. The summed E-state index contributed by atoms with van der Waals surface area (Å²) in [6.45, 7) is 3.72. The molecule has 2 heterocycles. The molecule has 2 aromatic heterocycles. The Labute approximate surface area is 148 Å². The molecular formula is C18H16N4O2S. The summed E-state index contributed by atoms with van der Waals surface area (Å²) in [6, 6.07) is 12.0. The number of aryl methyl sites for hydroxylation is 1. The number of hydrogen-bond donors (Lipinski definition) is 2. The number of phenols is 1. The highest BCUT2D eigenvalue weighted by molar-refractivity contribution is 7.17. The fourth-order valence-electron chi connectivity index (χ4n) is 2.20. The van der Waals surface area contributed by atoms with Crippen LogP contribution in [0, 0.1) is 6.92 Å². The van der Waals surface area contributed by atoms with Gasteiger partial charge in [0.15, 0.2) is 0 Å². The van der Waals surface area contributed by atoms with Gasteiger partial charge in [0.05, 0.1) is 16.3 Å². The van der Waals surface area contributed by atoms with Crippen LogP contribution in [0.15, 0.2) is 53.8 Å². The lowest BCUT2D eigenvalue weighted by Gasteiger charge is -2.01. The lowest BCUT2D eigenvalue weighted by molar-refractivity contribution is 0.0950. The standard InChI is InChI=1S/C18H16N4O2S/c1-11-16(25-18(20-11)13-6-8-14(23)9-7-13)12(2)21-22-17(24)15-5-3-4-10-19-15/h3-10,23H,1-2H3,(H,22,24)/b21-12+. The fraction of sp³-hybridized carbons (Fsp3) is 0.111. The van der Waals surface area contributed by atoms with Crippen LogP contribution in [0.4, 0.5) is 0 Å². The minimum Gasteiger partial charge on any atom is -0.508 e. The summed E-state index contributed by atoms with van der Waals surface area (Å²) >= 11 is 1.48. The molecule has 0 radical (unpaired) electrons. The van der Waals surface area contributed by atoms with Gasteiger partial charge in [-0.15, -0.1) is 11.3 Å². The second kappa shape index (κ2) is 7.23. The summed E-state index contributed by atoms with van der Waals surface area (Å²) in [6.07, 6.45) is 1.56. The molecule has 7 heteroatoms. The molecule has 0 spiro atoms. The molecule has 0 atom stereocenters. The van der Waals surface area contributed by atoms with Crippen LogP contribution in [-0.4, -0.2) is 26.7 Å². The van der Waals surface area contributed by atoms with Crippen molar-refractivity contribution in [3.8, 4) is 16.3 Å². The SMILES string of the molecule is C/C(=N\NC(=O)c1ccccn1)c1sc(-c2ccc(O)cc2)nc1C. The Morgan fingerprint density at radius 1 is 1.20 bits per heavy atom. The van der Waals surface area contributed by atoms with E-state index < -0.39 is 0 Å². The fourth-order valence-corrected chi connectivity index (χ4v) is 3.22. The third-order valence-corrected chi connectivity index (χ3v) is 4.78. The number of aromatic nitrogens is 2. The number of nitrogens with zero attached hydrogens (tertiary/aromatic N) is 3. The Morgan fingerprint density at radius 2 is 1.96 bits per heavy atom. The Morgan fingerprint density at radius 3 is 2.64 bits per heavy atom. The molecule has 0 fully saturated rings. The molecule has 2 N–H and O–H groups in total. The number of hydrazone groups is 1. The molecule has 3 rings (SSSR count). The van der Waals surface area contributed by atoms with Gasteiger partial charge in [0, 0.05) is 11.8 Å². The van der Waals surface area contributed by atoms with Crippen molar-refractivity contribution < 1.29 is 9.90 Å². The van der Waals surface area contributed by atoms with Crippen LogP contribution in [0.5, 0.6) is 5.75 Å². The van der Waals surface area contributed by atoms with Gasteiger partial charge < -0.3 is 5.11 Å². The van der Waals surface area contributed by atoms with Crippen molar-refractivity contribution in [3.63, 3.8) is 0 Å². The monoisotopic (exact) mass is 352 g/mol. The Bertz CT molecular complexity index is 918. The minimum absolute atomic E-state index is 0.215. The number of thiazole rings is 1. The number of pyridine rings is 1. The molecular weight excluding hydrogens is 336 g/mol. The van der Waals surface area contributed by atoms with Gasteiger partial charge in [0.25, 0.3) is 5.91 Å². The number of benzene rings is 1. The van der Waals surface area contributed by atoms with Crippen molar-refractivity contribution in [2.45, 2.75) is 13.8 Å². The number of carbonyl (C=O) groups excluding carboxylic acids is 1. The average molecular weight is 352 g/mol. The predicted molar refractivity (Wildman–Crippen MR) is 97.9 cm³/mol. The molecule has 0 bridgehead atoms. The Hall–Kier alpha value is -3.06. The number of hydrogen-bond acceptors (Lipinski definition) is 6. The molecule has 0 saturated carbocycles. The predicted octanol–water partition coefficient (Wildman–Crippen LogP) is 3.37. The van der Waals surface area contributed by atoms with Gasteiger partial charge in [0.1, 0.15) is 16.5 Å². The van der Waals surface area contributed by atoms with Gasteiger partial charge in [0.2, 0.25) is 0 Å². The van der Waals surface area contributed by atoms with E-state index in [4.69, 9.17) is 0 Å². The van der Waals surface area contributed by atoms with Gasteiger partial charge in [-0.05, 0) is 50.2 Å².